The molecule has 1 atom stereocenters. The first kappa shape index (κ1) is 14.0. The molecular weight excluding hydrogens is 270 g/mol. The Morgan fingerprint density at radius 1 is 0.955 bits per heavy atom. The first-order chi connectivity index (χ1) is 10.7. The van der Waals surface area contributed by atoms with Crippen molar-refractivity contribution in [3.8, 4) is 11.1 Å². The molecule has 0 saturated carbocycles. The van der Waals surface area contributed by atoms with Crippen molar-refractivity contribution in [2.24, 2.45) is 5.92 Å². The molecule has 0 spiro atoms. The van der Waals surface area contributed by atoms with Crippen LogP contribution in [0.5, 0.6) is 0 Å². The SMILES string of the molecule is C[C@H](CN1CCCC1)C1(O)c2ccccc2-c2ccccc21. The maximum Gasteiger partial charge on any atom is 0.120 e. The van der Waals surface area contributed by atoms with E-state index >= 15 is 0 Å². The molecule has 1 saturated heterocycles. The molecule has 1 heterocycles. The number of likely N-dealkylation sites (tertiary alicyclic amines) is 1. The molecule has 2 heteroatoms. The van der Waals surface area contributed by atoms with E-state index in [1.54, 1.807) is 0 Å². The fourth-order valence-corrected chi connectivity index (χ4v) is 4.26. The summed E-state index contributed by atoms with van der Waals surface area (Å²) in [5, 5.41) is 11.7. The highest BCUT2D eigenvalue weighted by Crippen LogP contribution is 2.51. The monoisotopic (exact) mass is 293 g/mol. The third-order valence-corrected chi connectivity index (χ3v) is 5.41. The second-order valence-corrected chi connectivity index (χ2v) is 6.77. The lowest BCUT2D eigenvalue weighted by molar-refractivity contribution is 0.0145. The lowest BCUT2D eigenvalue weighted by atomic mass is 9.80. The van der Waals surface area contributed by atoms with E-state index in [1.165, 1.54) is 37.1 Å². The molecule has 2 nitrogen and oxygen atoms in total. The minimum Gasteiger partial charge on any atom is -0.380 e. The van der Waals surface area contributed by atoms with Gasteiger partial charge in [-0.25, -0.2) is 0 Å². The summed E-state index contributed by atoms with van der Waals surface area (Å²) in [4.78, 5) is 2.49. The molecule has 2 aromatic carbocycles. The second kappa shape index (κ2) is 5.22. The lowest BCUT2D eigenvalue weighted by Gasteiger charge is -2.35. The molecule has 1 aliphatic carbocycles. The van der Waals surface area contributed by atoms with Crippen LogP contribution in [-0.2, 0) is 5.60 Å². The maximum atomic E-state index is 11.7. The van der Waals surface area contributed by atoms with Crippen molar-refractivity contribution < 1.29 is 5.11 Å². The summed E-state index contributed by atoms with van der Waals surface area (Å²) >= 11 is 0. The summed E-state index contributed by atoms with van der Waals surface area (Å²) in [6, 6.07) is 16.7. The second-order valence-electron chi connectivity index (χ2n) is 6.77. The quantitative estimate of drug-likeness (QED) is 0.934. The van der Waals surface area contributed by atoms with Crippen molar-refractivity contribution in [1.82, 2.24) is 4.90 Å². The van der Waals surface area contributed by atoms with Crippen LogP contribution < -0.4 is 0 Å². The van der Waals surface area contributed by atoms with Gasteiger partial charge in [0.05, 0.1) is 0 Å². The number of hydrogen-bond donors (Lipinski definition) is 1. The standard InChI is InChI=1S/C20H23NO/c1-15(14-21-12-6-7-13-21)20(22)18-10-4-2-8-16(18)17-9-3-5-11-19(17)20/h2-5,8-11,15,22H,6-7,12-14H2,1H3/t15-/m1/s1. The first-order valence-electron chi connectivity index (χ1n) is 8.35. The van der Waals surface area contributed by atoms with Gasteiger partial charge in [-0.1, -0.05) is 55.5 Å². The van der Waals surface area contributed by atoms with Crippen LogP contribution in [0.3, 0.4) is 0 Å². The predicted octanol–water partition coefficient (Wildman–Crippen LogP) is 3.63. The molecule has 1 N–H and O–H groups in total. The fourth-order valence-electron chi connectivity index (χ4n) is 4.26. The van der Waals surface area contributed by atoms with Crippen LogP contribution in [-0.4, -0.2) is 29.6 Å². The van der Waals surface area contributed by atoms with Gasteiger partial charge in [-0.15, -0.1) is 0 Å². The van der Waals surface area contributed by atoms with Gasteiger partial charge >= 0.3 is 0 Å². The van der Waals surface area contributed by atoms with Crippen LogP contribution in [0.2, 0.25) is 0 Å². The third-order valence-electron chi connectivity index (χ3n) is 5.41. The van der Waals surface area contributed by atoms with E-state index < -0.39 is 5.60 Å². The number of aliphatic hydroxyl groups is 1. The Morgan fingerprint density at radius 3 is 2.00 bits per heavy atom. The lowest BCUT2D eigenvalue weighted by Crippen LogP contribution is -2.40. The highest BCUT2D eigenvalue weighted by atomic mass is 16.3. The highest BCUT2D eigenvalue weighted by molar-refractivity contribution is 5.80. The number of hydrogen-bond acceptors (Lipinski definition) is 2. The maximum absolute atomic E-state index is 11.7. The van der Waals surface area contributed by atoms with Gasteiger partial charge < -0.3 is 10.0 Å². The van der Waals surface area contributed by atoms with Crippen LogP contribution in [0.25, 0.3) is 11.1 Å². The topological polar surface area (TPSA) is 23.5 Å². The van der Waals surface area contributed by atoms with Crippen LogP contribution in [0.15, 0.2) is 48.5 Å². The van der Waals surface area contributed by atoms with Gasteiger partial charge in [-0.05, 0) is 48.2 Å². The van der Waals surface area contributed by atoms with Gasteiger partial charge in [0, 0.05) is 12.5 Å². The summed E-state index contributed by atoms with van der Waals surface area (Å²) in [7, 11) is 0. The molecular formula is C20H23NO. The van der Waals surface area contributed by atoms with Crippen molar-refractivity contribution in [2.45, 2.75) is 25.4 Å². The smallest absolute Gasteiger partial charge is 0.120 e. The minimum absolute atomic E-state index is 0.176. The van der Waals surface area contributed by atoms with E-state index in [9.17, 15) is 5.11 Å². The first-order valence-corrected chi connectivity index (χ1v) is 8.35. The summed E-state index contributed by atoms with van der Waals surface area (Å²) in [5.74, 6) is 0.176. The van der Waals surface area contributed by atoms with Gasteiger partial charge in [0.25, 0.3) is 0 Å². The Morgan fingerprint density at radius 2 is 1.45 bits per heavy atom. The highest BCUT2D eigenvalue weighted by Gasteiger charge is 2.45. The van der Waals surface area contributed by atoms with Gasteiger partial charge in [0.2, 0.25) is 0 Å². The zero-order valence-corrected chi connectivity index (χ0v) is 13.1. The molecule has 2 aliphatic rings. The van der Waals surface area contributed by atoms with Crippen molar-refractivity contribution >= 4 is 0 Å². The van der Waals surface area contributed by atoms with Crippen molar-refractivity contribution in [2.75, 3.05) is 19.6 Å². The van der Waals surface area contributed by atoms with E-state index in [0.29, 0.717) is 0 Å². The Balaban J connectivity index is 1.78. The summed E-state index contributed by atoms with van der Waals surface area (Å²) < 4.78 is 0. The molecule has 0 unspecified atom stereocenters. The minimum atomic E-state index is -0.865. The van der Waals surface area contributed by atoms with Crippen LogP contribution in [0.1, 0.15) is 30.9 Å². The Labute approximate surface area is 132 Å². The van der Waals surface area contributed by atoms with E-state index in [2.05, 4.69) is 48.2 Å². The van der Waals surface area contributed by atoms with Crippen LogP contribution in [0, 0.1) is 5.92 Å². The molecule has 2 aromatic rings. The van der Waals surface area contributed by atoms with Gasteiger partial charge in [-0.2, -0.15) is 0 Å². The van der Waals surface area contributed by atoms with Gasteiger partial charge in [-0.3, -0.25) is 0 Å². The van der Waals surface area contributed by atoms with E-state index in [1.807, 2.05) is 12.1 Å². The zero-order valence-electron chi connectivity index (χ0n) is 13.1. The molecule has 0 radical (unpaired) electrons. The summed E-state index contributed by atoms with van der Waals surface area (Å²) in [6.07, 6.45) is 2.58. The molecule has 4 rings (SSSR count). The summed E-state index contributed by atoms with van der Waals surface area (Å²) in [6.45, 7) is 5.49. The molecule has 0 amide bonds. The molecule has 1 aliphatic heterocycles. The zero-order chi connectivity index (χ0) is 15.2. The normalized spacial score (nSPS) is 20.6. The molecule has 22 heavy (non-hydrogen) atoms. The number of rotatable bonds is 3. The molecule has 0 aromatic heterocycles. The predicted molar refractivity (Wildman–Crippen MR) is 89.7 cm³/mol. The largest absolute Gasteiger partial charge is 0.380 e. The van der Waals surface area contributed by atoms with Crippen molar-refractivity contribution in [3.63, 3.8) is 0 Å². The Hall–Kier alpha value is -1.64. The third kappa shape index (κ3) is 1.94. The number of fused-ring (bicyclic) bond motifs is 3. The van der Waals surface area contributed by atoms with Crippen molar-refractivity contribution in [1.29, 1.82) is 0 Å². The Kier molecular flexibility index (Phi) is 3.32. The van der Waals surface area contributed by atoms with Crippen molar-refractivity contribution in [3.05, 3.63) is 59.7 Å². The molecule has 114 valence electrons. The number of benzene rings is 2. The van der Waals surface area contributed by atoms with E-state index in [4.69, 9.17) is 0 Å². The van der Waals surface area contributed by atoms with Crippen LogP contribution in [0.4, 0.5) is 0 Å². The van der Waals surface area contributed by atoms with Crippen LogP contribution >= 0.6 is 0 Å². The average Bonchev–Trinajstić information content (AvgIpc) is 3.15. The van der Waals surface area contributed by atoms with E-state index in [-0.39, 0.29) is 5.92 Å². The van der Waals surface area contributed by atoms with Gasteiger partial charge in [0.15, 0.2) is 0 Å². The Bertz CT molecular complexity index is 642. The van der Waals surface area contributed by atoms with E-state index in [0.717, 1.165) is 17.7 Å². The summed E-state index contributed by atoms with van der Waals surface area (Å²) in [5.41, 5.74) is 3.66. The fraction of sp³-hybridized carbons (Fsp3) is 0.400. The number of nitrogens with zero attached hydrogens (tertiary/aromatic N) is 1. The average molecular weight is 293 g/mol. The van der Waals surface area contributed by atoms with Gasteiger partial charge in [0.1, 0.15) is 5.60 Å². The molecule has 0 bridgehead atoms. The molecule has 1 fully saturated rings.